The maximum atomic E-state index is 12.0. The Labute approximate surface area is 115 Å². The minimum absolute atomic E-state index is 0.247. The molecular weight excluding hydrogens is 292 g/mol. The molecule has 3 heteroatoms. The summed E-state index contributed by atoms with van der Waals surface area (Å²) in [6, 6.07) is 17.3. The Balaban J connectivity index is 2.43. The van der Waals surface area contributed by atoms with Gasteiger partial charge in [0.25, 0.3) is 0 Å². The van der Waals surface area contributed by atoms with Gasteiger partial charge in [-0.05, 0) is 23.3 Å². The van der Waals surface area contributed by atoms with Crippen LogP contribution in [0.25, 0.3) is 0 Å². The predicted octanol–water partition coefficient (Wildman–Crippen LogP) is 3.75. The molecule has 2 rings (SSSR count). The molecule has 0 bridgehead atoms. The molecule has 1 unspecified atom stereocenters. The average molecular weight is 305 g/mol. The zero-order valence-corrected chi connectivity index (χ0v) is 11.6. The third kappa shape index (κ3) is 2.79. The number of rotatable bonds is 3. The van der Waals surface area contributed by atoms with Crippen molar-refractivity contribution in [3.63, 3.8) is 0 Å². The van der Waals surface area contributed by atoms with Crippen LogP contribution in [0.15, 0.2) is 59.1 Å². The molecule has 2 aromatic rings. The Morgan fingerprint density at radius 2 is 1.56 bits per heavy atom. The molecular formula is C15H13BrO2. The number of carbonyl (C=O) groups excluding carboxylic acids is 1. The van der Waals surface area contributed by atoms with E-state index in [1.165, 1.54) is 7.11 Å². The molecule has 0 spiro atoms. The van der Waals surface area contributed by atoms with Crippen molar-refractivity contribution in [3.05, 3.63) is 70.2 Å². The molecule has 0 aliphatic rings. The predicted molar refractivity (Wildman–Crippen MR) is 74.4 cm³/mol. The summed E-state index contributed by atoms with van der Waals surface area (Å²) in [5.41, 5.74) is 1.86. The van der Waals surface area contributed by atoms with Gasteiger partial charge in [-0.25, -0.2) is 0 Å². The van der Waals surface area contributed by atoms with Crippen LogP contribution in [0.1, 0.15) is 17.0 Å². The quantitative estimate of drug-likeness (QED) is 0.807. The van der Waals surface area contributed by atoms with Gasteiger partial charge in [-0.1, -0.05) is 58.4 Å². The second-order valence-corrected chi connectivity index (χ2v) is 4.83. The van der Waals surface area contributed by atoms with Crippen LogP contribution < -0.4 is 0 Å². The lowest BCUT2D eigenvalue weighted by Crippen LogP contribution is -2.15. The lowest BCUT2D eigenvalue weighted by Gasteiger charge is -2.15. The van der Waals surface area contributed by atoms with Gasteiger partial charge in [0.1, 0.15) is 5.92 Å². The number of hydrogen-bond donors (Lipinski definition) is 0. The summed E-state index contributed by atoms with van der Waals surface area (Å²) in [6.45, 7) is 0. The molecule has 2 nitrogen and oxygen atoms in total. The fraction of sp³-hybridized carbons (Fsp3) is 0.133. The van der Waals surface area contributed by atoms with Gasteiger partial charge in [0.15, 0.2) is 0 Å². The van der Waals surface area contributed by atoms with E-state index in [9.17, 15) is 4.79 Å². The lowest BCUT2D eigenvalue weighted by atomic mass is 9.91. The van der Waals surface area contributed by atoms with E-state index in [4.69, 9.17) is 4.74 Å². The molecule has 0 aliphatic heterocycles. The van der Waals surface area contributed by atoms with Crippen LogP contribution in [-0.4, -0.2) is 13.1 Å². The molecule has 0 aliphatic carbocycles. The van der Waals surface area contributed by atoms with Gasteiger partial charge in [-0.3, -0.25) is 4.79 Å². The summed E-state index contributed by atoms with van der Waals surface area (Å²) in [5.74, 6) is -0.618. The normalized spacial score (nSPS) is 11.9. The molecule has 0 amide bonds. The summed E-state index contributed by atoms with van der Waals surface area (Å²) in [6.07, 6.45) is 0. The van der Waals surface area contributed by atoms with Crippen LogP contribution in [0, 0.1) is 0 Å². The third-order valence-corrected chi connectivity index (χ3v) is 3.30. The lowest BCUT2D eigenvalue weighted by molar-refractivity contribution is -0.141. The number of benzene rings is 2. The smallest absolute Gasteiger partial charge is 0.317 e. The number of carbonyl (C=O) groups is 1. The zero-order valence-electron chi connectivity index (χ0n) is 9.97. The van der Waals surface area contributed by atoms with E-state index in [-0.39, 0.29) is 11.9 Å². The first-order valence-electron chi connectivity index (χ1n) is 5.60. The van der Waals surface area contributed by atoms with Crippen molar-refractivity contribution in [1.82, 2.24) is 0 Å². The Bertz CT molecular complexity index is 520. The van der Waals surface area contributed by atoms with E-state index in [2.05, 4.69) is 15.9 Å². The Morgan fingerprint density at radius 1 is 1.00 bits per heavy atom. The van der Waals surface area contributed by atoms with E-state index in [1.54, 1.807) is 0 Å². The summed E-state index contributed by atoms with van der Waals surface area (Å²) in [7, 11) is 1.41. The van der Waals surface area contributed by atoms with Gasteiger partial charge in [-0.2, -0.15) is 0 Å². The van der Waals surface area contributed by atoms with Crippen molar-refractivity contribution in [2.24, 2.45) is 0 Å². The monoisotopic (exact) mass is 304 g/mol. The van der Waals surface area contributed by atoms with Crippen LogP contribution in [-0.2, 0) is 9.53 Å². The first-order chi connectivity index (χ1) is 8.72. The van der Waals surface area contributed by atoms with Gasteiger partial charge in [0.2, 0.25) is 0 Å². The van der Waals surface area contributed by atoms with E-state index >= 15 is 0 Å². The largest absolute Gasteiger partial charge is 0.468 e. The minimum atomic E-state index is -0.371. The van der Waals surface area contributed by atoms with Crippen molar-refractivity contribution in [3.8, 4) is 0 Å². The highest BCUT2D eigenvalue weighted by Crippen LogP contribution is 2.26. The van der Waals surface area contributed by atoms with Crippen molar-refractivity contribution in [2.75, 3.05) is 7.11 Å². The van der Waals surface area contributed by atoms with Crippen LogP contribution in [0.3, 0.4) is 0 Å². The average Bonchev–Trinajstić information content (AvgIpc) is 2.42. The van der Waals surface area contributed by atoms with E-state index < -0.39 is 0 Å². The molecule has 0 saturated heterocycles. The highest BCUT2D eigenvalue weighted by molar-refractivity contribution is 9.10. The third-order valence-electron chi connectivity index (χ3n) is 2.77. The van der Waals surface area contributed by atoms with Crippen molar-refractivity contribution in [2.45, 2.75) is 5.92 Å². The number of ether oxygens (including phenoxy) is 1. The molecule has 1 atom stereocenters. The molecule has 0 N–H and O–H groups in total. The molecule has 0 heterocycles. The molecule has 2 aromatic carbocycles. The fourth-order valence-corrected chi connectivity index (χ4v) is 2.15. The van der Waals surface area contributed by atoms with Crippen molar-refractivity contribution in [1.29, 1.82) is 0 Å². The molecule has 18 heavy (non-hydrogen) atoms. The van der Waals surface area contributed by atoms with Crippen LogP contribution in [0.2, 0.25) is 0 Å². The van der Waals surface area contributed by atoms with Crippen LogP contribution >= 0.6 is 15.9 Å². The van der Waals surface area contributed by atoms with Gasteiger partial charge < -0.3 is 4.74 Å². The highest BCUT2D eigenvalue weighted by Gasteiger charge is 2.23. The zero-order chi connectivity index (χ0) is 13.0. The van der Waals surface area contributed by atoms with E-state index in [0.29, 0.717) is 0 Å². The second kappa shape index (κ2) is 5.83. The molecule has 0 radical (unpaired) electrons. The SMILES string of the molecule is COC(=O)C(c1ccccc1)c1ccc(Br)cc1. The Kier molecular flexibility index (Phi) is 4.15. The highest BCUT2D eigenvalue weighted by atomic mass is 79.9. The first-order valence-corrected chi connectivity index (χ1v) is 6.40. The van der Waals surface area contributed by atoms with Crippen molar-refractivity contribution >= 4 is 21.9 Å². The van der Waals surface area contributed by atoms with Crippen LogP contribution in [0.4, 0.5) is 0 Å². The summed E-state index contributed by atoms with van der Waals surface area (Å²) in [4.78, 5) is 12.0. The molecule has 0 aromatic heterocycles. The number of hydrogen-bond acceptors (Lipinski definition) is 2. The minimum Gasteiger partial charge on any atom is -0.468 e. The summed E-state index contributed by atoms with van der Waals surface area (Å²) < 4.78 is 5.89. The maximum absolute atomic E-state index is 12.0. The standard InChI is InChI=1S/C15H13BrO2/c1-18-15(17)14(11-5-3-2-4-6-11)12-7-9-13(16)10-8-12/h2-10,14H,1H3. The number of methoxy groups -OCH3 is 1. The topological polar surface area (TPSA) is 26.3 Å². The number of halogens is 1. The molecule has 0 fully saturated rings. The fourth-order valence-electron chi connectivity index (χ4n) is 1.88. The Hall–Kier alpha value is -1.61. The number of esters is 1. The van der Waals surface area contributed by atoms with Gasteiger partial charge in [0, 0.05) is 4.47 Å². The van der Waals surface area contributed by atoms with Gasteiger partial charge in [0.05, 0.1) is 7.11 Å². The van der Waals surface area contributed by atoms with E-state index in [0.717, 1.165) is 15.6 Å². The Morgan fingerprint density at radius 3 is 2.11 bits per heavy atom. The maximum Gasteiger partial charge on any atom is 0.317 e. The van der Waals surface area contributed by atoms with Gasteiger partial charge >= 0.3 is 5.97 Å². The van der Waals surface area contributed by atoms with Gasteiger partial charge in [-0.15, -0.1) is 0 Å². The second-order valence-electron chi connectivity index (χ2n) is 3.92. The van der Waals surface area contributed by atoms with Crippen molar-refractivity contribution < 1.29 is 9.53 Å². The van der Waals surface area contributed by atoms with E-state index in [1.807, 2.05) is 54.6 Å². The summed E-state index contributed by atoms with van der Waals surface area (Å²) in [5, 5.41) is 0. The molecule has 0 saturated carbocycles. The summed E-state index contributed by atoms with van der Waals surface area (Å²) >= 11 is 3.39. The first kappa shape index (κ1) is 12.8. The van der Waals surface area contributed by atoms with Crippen LogP contribution in [0.5, 0.6) is 0 Å². The molecule has 92 valence electrons.